The summed E-state index contributed by atoms with van der Waals surface area (Å²) in [5, 5.41) is 14.2. The molecule has 1 heterocycles. The maximum absolute atomic E-state index is 11.1. The predicted molar refractivity (Wildman–Crippen MR) is 80.6 cm³/mol. The second-order valence-corrected chi connectivity index (χ2v) is 5.98. The van der Waals surface area contributed by atoms with Gasteiger partial charge in [0.15, 0.2) is 0 Å². The summed E-state index contributed by atoms with van der Waals surface area (Å²) in [6.45, 7) is 0. The molecule has 2 saturated carbocycles. The number of rotatable bonds is 5. The van der Waals surface area contributed by atoms with Crippen LogP contribution in [0, 0.1) is 10.1 Å². The number of nitrogens with one attached hydrogen (secondary N) is 1. The Bertz CT molecular complexity index is 526. The zero-order chi connectivity index (χ0) is 14.8. The van der Waals surface area contributed by atoms with E-state index < -0.39 is 4.92 Å². The van der Waals surface area contributed by atoms with Crippen molar-refractivity contribution in [1.82, 2.24) is 9.97 Å². The van der Waals surface area contributed by atoms with E-state index in [-0.39, 0.29) is 5.69 Å². The van der Waals surface area contributed by atoms with Gasteiger partial charge in [0.05, 0.1) is 4.92 Å². The van der Waals surface area contributed by atoms with Gasteiger partial charge in [0, 0.05) is 19.1 Å². The molecule has 3 rings (SSSR count). The molecule has 0 atom stereocenters. The van der Waals surface area contributed by atoms with Crippen LogP contribution < -0.4 is 10.2 Å². The van der Waals surface area contributed by atoms with Crippen molar-refractivity contribution in [3.63, 3.8) is 0 Å². The van der Waals surface area contributed by atoms with E-state index in [1.54, 1.807) is 0 Å². The van der Waals surface area contributed by atoms with Crippen molar-refractivity contribution in [3.05, 3.63) is 16.3 Å². The molecule has 1 aromatic heterocycles. The maximum Gasteiger partial charge on any atom is 0.329 e. The van der Waals surface area contributed by atoms with Crippen LogP contribution in [-0.4, -0.2) is 34.0 Å². The second kappa shape index (κ2) is 5.83. The molecule has 21 heavy (non-hydrogen) atoms. The summed E-state index contributed by atoms with van der Waals surface area (Å²) >= 11 is 0. The van der Waals surface area contributed by atoms with E-state index >= 15 is 0 Å². The highest BCUT2D eigenvalue weighted by atomic mass is 16.6. The summed E-state index contributed by atoms with van der Waals surface area (Å²) in [5.74, 6) is 0.936. The number of anilines is 2. The second-order valence-electron chi connectivity index (χ2n) is 5.98. The van der Waals surface area contributed by atoms with Gasteiger partial charge in [-0.3, -0.25) is 10.1 Å². The summed E-state index contributed by atoms with van der Waals surface area (Å²) in [6, 6.07) is 0.764. The first-order valence-corrected chi connectivity index (χ1v) is 7.66. The number of hydrogen-bond acceptors (Lipinski definition) is 6. The molecule has 0 unspecified atom stereocenters. The van der Waals surface area contributed by atoms with Gasteiger partial charge < -0.3 is 10.2 Å². The van der Waals surface area contributed by atoms with Crippen LogP contribution in [0.25, 0.3) is 0 Å². The monoisotopic (exact) mass is 291 g/mol. The van der Waals surface area contributed by atoms with E-state index in [4.69, 9.17) is 0 Å². The van der Waals surface area contributed by atoms with Gasteiger partial charge in [0.2, 0.25) is 11.8 Å². The van der Waals surface area contributed by atoms with Crippen LogP contribution in [-0.2, 0) is 0 Å². The van der Waals surface area contributed by atoms with Crippen LogP contribution >= 0.6 is 0 Å². The van der Waals surface area contributed by atoms with Crippen molar-refractivity contribution in [2.45, 2.75) is 57.0 Å². The van der Waals surface area contributed by atoms with Gasteiger partial charge in [-0.1, -0.05) is 19.3 Å². The summed E-state index contributed by atoms with van der Waals surface area (Å²) in [5.41, 5.74) is -0.0392. The van der Waals surface area contributed by atoms with Crippen molar-refractivity contribution >= 4 is 17.5 Å². The zero-order valence-corrected chi connectivity index (χ0v) is 12.3. The Labute approximate surface area is 123 Å². The van der Waals surface area contributed by atoms with Crippen molar-refractivity contribution in [3.8, 4) is 0 Å². The third kappa shape index (κ3) is 3.22. The molecule has 2 aliphatic carbocycles. The Kier molecular flexibility index (Phi) is 3.90. The molecular formula is C14H21N5O2. The molecular weight excluding hydrogens is 270 g/mol. The Morgan fingerprint density at radius 2 is 2.00 bits per heavy atom. The summed E-state index contributed by atoms with van der Waals surface area (Å²) < 4.78 is 0. The van der Waals surface area contributed by atoms with Crippen LogP contribution in [0.1, 0.15) is 44.9 Å². The Balaban J connectivity index is 1.82. The minimum atomic E-state index is -0.422. The van der Waals surface area contributed by atoms with Gasteiger partial charge in [-0.2, -0.15) is 4.98 Å². The lowest BCUT2D eigenvalue weighted by molar-refractivity contribution is -0.384. The minimum Gasteiger partial charge on any atom is -0.361 e. The smallest absolute Gasteiger partial charge is 0.329 e. The first-order valence-electron chi connectivity index (χ1n) is 7.66. The third-order valence-electron chi connectivity index (χ3n) is 4.31. The molecule has 7 nitrogen and oxygen atoms in total. The fourth-order valence-electron chi connectivity index (χ4n) is 2.83. The largest absolute Gasteiger partial charge is 0.361 e. The van der Waals surface area contributed by atoms with Crippen LogP contribution in [0.15, 0.2) is 6.20 Å². The molecule has 0 saturated heterocycles. The molecule has 0 spiro atoms. The van der Waals surface area contributed by atoms with E-state index in [0.717, 1.165) is 25.7 Å². The lowest BCUT2D eigenvalue weighted by Gasteiger charge is -2.31. The lowest BCUT2D eigenvalue weighted by atomic mass is 9.95. The van der Waals surface area contributed by atoms with Crippen LogP contribution in [0.3, 0.4) is 0 Å². The molecule has 0 bridgehead atoms. The molecule has 0 aromatic carbocycles. The molecule has 2 fully saturated rings. The first kappa shape index (κ1) is 14.0. The van der Waals surface area contributed by atoms with E-state index in [2.05, 4.69) is 20.2 Å². The summed E-state index contributed by atoms with van der Waals surface area (Å²) in [6.07, 6.45) is 9.46. The van der Waals surface area contributed by atoms with E-state index in [0.29, 0.717) is 23.8 Å². The number of nitro groups is 1. The zero-order valence-electron chi connectivity index (χ0n) is 12.3. The van der Waals surface area contributed by atoms with Crippen molar-refractivity contribution in [2.24, 2.45) is 0 Å². The molecule has 1 N–H and O–H groups in total. The highest BCUT2D eigenvalue weighted by Gasteiger charge is 2.28. The fraction of sp³-hybridized carbons (Fsp3) is 0.714. The highest BCUT2D eigenvalue weighted by Crippen LogP contribution is 2.31. The molecule has 0 aliphatic heterocycles. The first-order chi connectivity index (χ1) is 10.1. The van der Waals surface area contributed by atoms with Crippen LogP contribution in [0.5, 0.6) is 0 Å². The topological polar surface area (TPSA) is 84.2 Å². The van der Waals surface area contributed by atoms with Crippen LogP contribution in [0.4, 0.5) is 17.5 Å². The number of hydrogen-bond donors (Lipinski definition) is 1. The van der Waals surface area contributed by atoms with Crippen molar-refractivity contribution in [2.75, 3.05) is 17.3 Å². The van der Waals surface area contributed by atoms with E-state index in [1.165, 1.54) is 25.5 Å². The van der Waals surface area contributed by atoms with Crippen molar-refractivity contribution in [1.29, 1.82) is 0 Å². The van der Waals surface area contributed by atoms with Gasteiger partial charge in [0.1, 0.15) is 6.20 Å². The Hall–Kier alpha value is -1.92. The van der Waals surface area contributed by atoms with E-state index in [9.17, 15) is 10.1 Å². The van der Waals surface area contributed by atoms with Gasteiger partial charge in [-0.05, 0) is 25.7 Å². The Morgan fingerprint density at radius 3 is 2.62 bits per heavy atom. The lowest BCUT2D eigenvalue weighted by Crippen LogP contribution is -2.34. The summed E-state index contributed by atoms with van der Waals surface area (Å²) in [4.78, 5) is 21.3. The highest BCUT2D eigenvalue weighted by molar-refractivity contribution is 5.58. The van der Waals surface area contributed by atoms with Gasteiger partial charge in [-0.15, -0.1) is 0 Å². The van der Waals surface area contributed by atoms with Gasteiger partial charge in [-0.25, -0.2) is 4.98 Å². The minimum absolute atomic E-state index is 0.0392. The normalized spacial score (nSPS) is 19.3. The predicted octanol–water partition coefficient (Wildman–Crippen LogP) is 2.73. The van der Waals surface area contributed by atoms with Gasteiger partial charge >= 0.3 is 5.69 Å². The van der Waals surface area contributed by atoms with Crippen LogP contribution in [0.2, 0.25) is 0 Å². The average molecular weight is 291 g/mol. The third-order valence-corrected chi connectivity index (χ3v) is 4.31. The van der Waals surface area contributed by atoms with Crippen molar-refractivity contribution < 1.29 is 4.92 Å². The molecule has 1 aromatic rings. The average Bonchev–Trinajstić information content (AvgIpc) is 3.31. The number of aromatic nitrogens is 2. The van der Waals surface area contributed by atoms with E-state index in [1.807, 2.05) is 7.05 Å². The standard InChI is InChI=1S/C14H21N5O2/c1-18(11-5-3-2-4-6-11)14-15-9-12(19(20)21)13(17-14)16-10-7-8-10/h9-11H,2-8H2,1H3,(H,15,16,17). The molecule has 2 aliphatic rings. The summed E-state index contributed by atoms with van der Waals surface area (Å²) in [7, 11) is 1.98. The molecule has 0 amide bonds. The molecule has 114 valence electrons. The molecule has 7 heteroatoms. The SMILES string of the molecule is CN(c1ncc([N+](=O)[O-])c(NC2CC2)n1)C1CCCCC1. The Morgan fingerprint density at radius 1 is 1.29 bits per heavy atom. The quantitative estimate of drug-likeness (QED) is 0.663. The number of nitrogens with zero attached hydrogens (tertiary/aromatic N) is 4. The molecule has 0 radical (unpaired) electrons. The maximum atomic E-state index is 11.1. The fourth-order valence-corrected chi connectivity index (χ4v) is 2.83. The van der Waals surface area contributed by atoms with Gasteiger partial charge in [0.25, 0.3) is 0 Å².